The Bertz CT molecular complexity index is 602. The zero-order chi connectivity index (χ0) is 29.1. The molecule has 0 aliphatic heterocycles. The predicted molar refractivity (Wildman–Crippen MR) is 162 cm³/mol. The molecular weight excluding hydrogens is 494 g/mol. The van der Waals surface area contributed by atoms with Gasteiger partial charge in [-0.15, -0.1) is 0 Å². The molecule has 230 valence electrons. The van der Waals surface area contributed by atoms with Crippen molar-refractivity contribution in [3.05, 3.63) is 0 Å². The monoisotopic (exact) mass is 555 g/mol. The van der Waals surface area contributed by atoms with Gasteiger partial charge in [0, 0.05) is 98.3 Å². The SMILES string of the molecule is CCCCCCCCCCC(C)NC(=O)CCN(CCN)CCNCCN(CCC(=O)NC)CCC(=O)NC. The van der Waals surface area contributed by atoms with Crippen LogP contribution in [-0.4, -0.2) is 107 Å². The first-order valence-electron chi connectivity index (χ1n) is 15.4. The molecule has 0 spiro atoms. The summed E-state index contributed by atoms with van der Waals surface area (Å²) in [7, 11) is 3.27. The maximum absolute atomic E-state index is 12.5. The maximum atomic E-state index is 12.5. The highest BCUT2D eigenvalue weighted by atomic mass is 16.2. The second-order valence-corrected chi connectivity index (χ2v) is 10.6. The summed E-state index contributed by atoms with van der Waals surface area (Å²) in [6.45, 7) is 10.7. The highest BCUT2D eigenvalue weighted by Gasteiger charge is 2.12. The number of carbonyl (C=O) groups is 3. The van der Waals surface area contributed by atoms with Crippen LogP contribution in [0, 0.1) is 0 Å². The van der Waals surface area contributed by atoms with Gasteiger partial charge in [0.25, 0.3) is 0 Å². The van der Waals surface area contributed by atoms with Crippen molar-refractivity contribution in [2.75, 3.05) is 73.0 Å². The summed E-state index contributed by atoms with van der Waals surface area (Å²) in [5, 5.41) is 11.9. The third-order valence-corrected chi connectivity index (χ3v) is 7.08. The van der Waals surface area contributed by atoms with Crippen LogP contribution in [0.3, 0.4) is 0 Å². The fourth-order valence-corrected chi connectivity index (χ4v) is 4.49. The molecule has 0 bridgehead atoms. The third-order valence-electron chi connectivity index (χ3n) is 7.08. The smallest absolute Gasteiger partial charge is 0.221 e. The number of hydrogen-bond acceptors (Lipinski definition) is 7. The van der Waals surface area contributed by atoms with Gasteiger partial charge in [0.1, 0.15) is 0 Å². The quantitative estimate of drug-likeness (QED) is 0.0977. The van der Waals surface area contributed by atoms with E-state index in [0.29, 0.717) is 45.4 Å². The van der Waals surface area contributed by atoms with Gasteiger partial charge in [0.05, 0.1) is 0 Å². The van der Waals surface area contributed by atoms with Gasteiger partial charge in [-0.25, -0.2) is 0 Å². The van der Waals surface area contributed by atoms with Crippen molar-refractivity contribution in [3.8, 4) is 0 Å². The summed E-state index contributed by atoms with van der Waals surface area (Å²) in [4.78, 5) is 40.1. The Morgan fingerprint density at radius 3 is 1.62 bits per heavy atom. The summed E-state index contributed by atoms with van der Waals surface area (Å²) in [6, 6.07) is 0.219. The van der Waals surface area contributed by atoms with Crippen molar-refractivity contribution in [3.63, 3.8) is 0 Å². The van der Waals surface area contributed by atoms with E-state index in [2.05, 4.69) is 44.9 Å². The molecule has 1 atom stereocenters. The number of amides is 3. The first kappa shape index (κ1) is 37.2. The van der Waals surface area contributed by atoms with Gasteiger partial charge in [-0.05, 0) is 13.3 Å². The number of nitrogens with one attached hydrogen (secondary N) is 4. The molecule has 39 heavy (non-hydrogen) atoms. The largest absolute Gasteiger partial charge is 0.359 e. The summed E-state index contributed by atoms with van der Waals surface area (Å²) >= 11 is 0. The molecule has 0 aromatic carbocycles. The van der Waals surface area contributed by atoms with Crippen molar-refractivity contribution in [2.24, 2.45) is 5.73 Å². The van der Waals surface area contributed by atoms with E-state index >= 15 is 0 Å². The van der Waals surface area contributed by atoms with Crippen molar-refractivity contribution >= 4 is 17.7 Å². The fourth-order valence-electron chi connectivity index (χ4n) is 4.49. The zero-order valence-electron chi connectivity index (χ0n) is 25.6. The van der Waals surface area contributed by atoms with Gasteiger partial charge in [-0.3, -0.25) is 14.4 Å². The van der Waals surface area contributed by atoms with Crippen LogP contribution in [0.15, 0.2) is 0 Å². The Hall–Kier alpha value is -1.75. The summed E-state index contributed by atoms with van der Waals surface area (Å²) in [5.41, 5.74) is 5.80. The molecule has 10 nitrogen and oxygen atoms in total. The van der Waals surface area contributed by atoms with Crippen molar-refractivity contribution < 1.29 is 14.4 Å². The first-order valence-corrected chi connectivity index (χ1v) is 15.4. The predicted octanol–water partition coefficient (Wildman–Crippen LogP) is 1.84. The van der Waals surface area contributed by atoms with Crippen LogP contribution in [-0.2, 0) is 14.4 Å². The second kappa shape index (κ2) is 26.5. The lowest BCUT2D eigenvalue weighted by atomic mass is 10.1. The van der Waals surface area contributed by atoms with Crippen LogP contribution in [0.1, 0.15) is 90.9 Å². The van der Waals surface area contributed by atoms with Crippen molar-refractivity contribution in [1.29, 1.82) is 0 Å². The molecule has 0 fully saturated rings. The number of rotatable bonds is 27. The van der Waals surface area contributed by atoms with E-state index in [-0.39, 0.29) is 23.8 Å². The molecule has 6 N–H and O–H groups in total. The molecule has 1 unspecified atom stereocenters. The average molecular weight is 556 g/mol. The first-order chi connectivity index (χ1) is 18.9. The van der Waals surface area contributed by atoms with Gasteiger partial charge < -0.3 is 36.8 Å². The number of hydrogen-bond donors (Lipinski definition) is 5. The summed E-state index contributed by atoms with van der Waals surface area (Å²) < 4.78 is 0. The third kappa shape index (κ3) is 23.8. The van der Waals surface area contributed by atoms with Crippen molar-refractivity contribution in [1.82, 2.24) is 31.1 Å². The topological polar surface area (TPSA) is 132 Å². The standard InChI is InChI=1S/C29H61N7O3/c1-5-6-7-8-9-10-11-12-13-26(2)34-29(39)16-22-36(23-17-30)25-19-33-18-24-35(20-14-27(37)31-3)21-15-28(38)32-4/h26,33H,5-25,30H2,1-4H3,(H,31,37)(H,32,38)(H,34,39). The number of carbonyl (C=O) groups excluding carboxylic acids is 3. The van der Waals surface area contributed by atoms with Crippen LogP contribution >= 0.6 is 0 Å². The van der Waals surface area contributed by atoms with Crippen molar-refractivity contribution in [2.45, 2.75) is 96.9 Å². The van der Waals surface area contributed by atoms with Gasteiger partial charge in [-0.2, -0.15) is 0 Å². The Balaban J connectivity index is 4.16. The lowest BCUT2D eigenvalue weighted by Crippen LogP contribution is -2.41. The molecule has 0 aromatic rings. The van der Waals surface area contributed by atoms with E-state index < -0.39 is 0 Å². The van der Waals surface area contributed by atoms with Gasteiger partial charge >= 0.3 is 0 Å². The fraction of sp³-hybridized carbons (Fsp3) is 0.897. The average Bonchev–Trinajstić information content (AvgIpc) is 2.93. The molecule has 0 radical (unpaired) electrons. The van der Waals surface area contributed by atoms with E-state index in [1.54, 1.807) is 14.1 Å². The molecule has 0 aliphatic rings. The normalized spacial score (nSPS) is 12.1. The van der Waals surface area contributed by atoms with E-state index in [1.165, 1.54) is 51.4 Å². The lowest BCUT2D eigenvalue weighted by molar-refractivity contribution is -0.122. The number of nitrogens with zero attached hydrogens (tertiary/aromatic N) is 2. The molecule has 0 heterocycles. The van der Waals surface area contributed by atoms with Crippen LogP contribution in [0.5, 0.6) is 0 Å². The molecule has 0 aromatic heterocycles. The highest BCUT2D eigenvalue weighted by molar-refractivity contribution is 5.76. The van der Waals surface area contributed by atoms with Crippen LogP contribution in [0.4, 0.5) is 0 Å². The molecule has 0 rings (SSSR count). The Labute approximate surface area is 239 Å². The van der Waals surface area contributed by atoms with E-state index in [9.17, 15) is 14.4 Å². The molecule has 10 heteroatoms. The van der Waals surface area contributed by atoms with E-state index in [4.69, 9.17) is 5.73 Å². The van der Waals surface area contributed by atoms with Crippen LogP contribution in [0.25, 0.3) is 0 Å². The van der Waals surface area contributed by atoms with Crippen LogP contribution in [0.2, 0.25) is 0 Å². The Morgan fingerprint density at radius 1 is 0.667 bits per heavy atom. The highest BCUT2D eigenvalue weighted by Crippen LogP contribution is 2.10. The molecule has 3 amide bonds. The Kier molecular flexibility index (Phi) is 25.3. The van der Waals surface area contributed by atoms with E-state index in [0.717, 1.165) is 39.1 Å². The molecule has 0 saturated heterocycles. The lowest BCUT2D eigenvalue weighted by Gasteiger charge is -2.24. The van der Waals surface area contributed by atoms with E-state index in [1.807, 2.05) is 0 Å². The molecular formula is C29H61N7O3. The minimum absolute atomic E-state index is 0.00285. The molecule has 0 saturated carbocycles. The minimum Gasteiger partial charge on any atom is -0.359 e. The number of nitrogens with two attached hydrogens (primary N) is 1. The van der Waals surface area contributed by atoms with Gasteiger partial charge in [0.15, 0.2) is 0 Å². The zero-order valence-corrected chi connectivity index (χ0v) is 25.6. The molecule has 0 aliphatic carbocycles. The Morgan fingerprint density at radius 2 is 1.13 bits per heavy atom. The van der Waals surface area contributed by atoms with Gasteiger partial charge in [0.2, 0.25) is 17.7 Å². The second-order valence-electron chi connectivity index (χ2n) is 10.6. The van der Waals surface area contributed by atoms with Gasteiger partial charge in [-0.1, -0.05) is 58.3 Å². The summed E-state index contributed by atoms with van der Waals surface area (Å²) in [5.74, 6) is 0.105. The summed E-state index contributed by atoms with van der Waals surface area (Å²) in [6.07, 6.45) is 12.8. The maximum Gasteiger partial charge on any atom is 0.221 e. The minimum atomic E-state index is -0.00285. The number of unbranched alkanes of at least 4 members (excludes halogenated alkanes) is 7. The van der Waals surface area contributed by atoms with Crippen LogP contribution < -0.4 is 27.0 Å².